The number of fused-ring (bicyclic) bond motifs is 1. The minimum Gasteiger partial charge on any atom is -0.396 e. The molecule has 27 heavy (non-hydrogen) atoms. The van der Waals surface area contributed by atoms with E-state index in [9.17, 15) is 13.5 Å². The zero-order chi connectivity index (χ0) is 19.4. The predicted octanol–water partition coefficient (Wildman–Crippen LogP) is 0.608. The first kappa shape index (κ1) is 19.0. The molecule has 0 radical (unpaired) electrons. The summed E-state index contributed by atoms with van der Waals surface area (Å²) in [7, 11) is -1.86. The smallest absolute Gasteiger partial charge is 0.246 e. The number of hydrogen-bond donors (Lipinski definition) is 1. The predicted molar refractivity (Wildman–Crippen MR) is 102 cm³/mol. The van der Waals surface area contributed by atoms with Crippen LogP contribution in [-0.2, 0) is 23.6 Å². The molecule has 2 unspecified atom stereocenters. The van der Waals surface area contributed by atoms with Crippen LogP contribution in [0, 0.1) is 25.2 Å². The normalized spacial score (nSPS) is 26.7. The number of aromatic nitrogens is 3. The van der Waals surface area contributed by atoms with Gasteiger partial charge >= 0.3 is 0 Å². The van der Waals surface area contributed by atoms with Gasteiger partial charge < -0.3 is 5.11 Å². The van der Waals surface area contributed by atoms with Gasteiger partial charge in [-0.2, -0.15) is 9.40 Å². The Morgan fingerprint density at radius 2 is 2.11 bits per heavy atom. The molecule has 2 saturated heterocycles. The van der Waals surface area contributed by atoms with Crippen LogP contribution in [0.25, 0.3) is 0 Å². The maximum absolute atomic E-state index is 13.1. The average molecular weight is 412 g/mol. The SMILES string of the molecule is Cc1ncsc1CN1CC2CN(S(=O)(=O)c3cnn(C)c3C)CC2(CO)C1. The van der Waals surface area contributed by atoms with E-state index in [0.29, 0.717) is 25.3 Å². The van der Waals surface area contributed by atoms with Crippen molar-refractivity contribution in [3.05, 3.63) is 28.0 Å². The Kier molecular flexibility index (Phi) is 4.66. The molecular weight excluding hydrogens is 386 g/mol. The van der Waals surface area contributed by atoms with Gasteiger partial charge in [0.1, 0.15) is 4.90 Å². The molecule has 2 aromatic heterocycles. The Morgan fingerprint density at radius 1 is 1.33 bits per heavy atom. The van der Waals surface area contributed by atoms with Crippen LogP contribution in [0.5, 0.6) is 0 Å². The van der Waals surface area contributed by atoms with Crippen molar-refractivity contribution in [2.24, 2.45) is 18.4 Å². The molecule has 0 aromatic carbocycles. The third kappa shape index (κ3) is 3.03. The topological polar surface area (TPSA) is 91.6 Å². The largest absolute Gasteiger partial charge is 0.396 e. The molecule has 4 heterocycles. The molecular formula is C17H25N5O3S2. The van der Waals surface area contributed by atoms with Crippen LogP contribution in [0.1, 0.15) is 16.3 Å². The Balaban J connectivity index is 1.53. The Morgan fingerprint density at radius 3 is 2.67 bits per heavy atom. The van der Waals surface area contributed by atoms with Crippen LogP contribution >= 0.6 is 11.3 Å². The van der Waals surface area contributed by atoms with Crippen LogP contribution < -0.4 is 0 Å². The number of hydrogen-bond acceptors (Lipinski definition) is 7. The number of nitrogens with zero attached hydrogens (tertiary/aromatic N) is 5. The number of aryl methyl sites for hydroxylation is 2. The van der Waals surface area contributed by atoms with Crippen molar-refractivity contribution in [2.75, 3.05) is 32.8 Å². The van der Waals surface area contributed by atoms with Gasteiger partial charge in [-0.25, -0.2) is 13.4 Å². The minimum absolute atomic E-state index is 0.00607. The molecule has 10 heteroatoms. The highest BCUT2D eigenvalue weighted by atomic mass is 32.2. The first-order chi connectivity index (χ1) is 12.8. The fraction of sp³-hybridized carbons (Fsp3) is 0.647. The molecule has 0 amide bonds. The lowest BCUT2D eigenvalue weighted by Crippen LogP contribution is -2.38. The van der Waals surface area contributed by atoms with Crippen molar-refractivity contribution >= 4 is 21.4 Å². The maximum Gasteiger partial charge on any atom is 0.246 e. The number of sulfonamides is 1. The molecule has 2 atom stereocenters. The summed E-state index contributed by atoms with van der Waals surface area (Å²) < 4.78 is 29.3. The molecule has 0 saturated carbocycles. The van der Waals surface area contributed by atoms with Gasteiger partial charge in [0.15, 0.2) is 0 Å². The van der Waals surface area contributed by atoms with E-state index in [4.69, 9.17) is 0 Å². The molecule has 4 rings (SSSR count). The third-order valence-corrected chi connectivity index (χ3v) is 8.97. The summed E-state index contributed by atoms with van der Waals surface area (Å²) in [5, 5.41) is 14.2. The summed E-state index contributed by atoms with van der Waals surface area (Å²) in [5.41, 5.74) is 3.13. The summed E-state index contributed by atoms with van der Waals surface area (Å²) in [6.45, 7) is 6.85. The number of aliphatic hydroxyl groups excluding tert-OH is 1. The Hall–Kier alpha value is -1.33. The second-order valence-corrected chi connectivity index (χ2v) is 10.6. The first-order valence-corrected chi connectivity index (χ1v) is 11.3. The van der Waals surface area contributed by atoms with Crippen LogP contribution in [-0.4, -0.2) is 70.3 Å². The van der Waals surface area contributed by atoms with Crippen molar-refractivity contribution in [3.8, 4) is 0 Å². The zero-order valence-corrected chi connectivity index (χ0v) is 17.4. The summed E-state index contributed by atoms with van der Waals surface area (Å²) in [5.74, 6) is 0.127. The standard InChI is InChI=1S/C17H25N5O3S2/c1-12-15(26-11-18-12)7-21-5-14-6-22(9-17(14,8-21)10-23)27(24,25)16-4-19-20(3)13(16)2/h4,11,14,23H,5-10H2,1-3H3. The molecule has 148 valence electrons. The van der Waals surface area contributed by atoms with Crippen molar-refractivity contribution in [1.82, 2.24) is 24.0 Å². The Bertz CT molecular complexity index is 954. The summed E-state index contributed by atoms with van der Waals surface area (Å²) in [6, 6.07) is 0. The number of aliphatic hydroxyl groups is 1. The number of thiazole rings is 1. The quantitative estimate of drug-likeness (QED) is 0.775. The second kappa shape index (κ2) is 6.63. The van der Waals surface area contributed by atoms with Gasteiger partial charge in [0.2, 0.25) is 10.0 Å². The van der Waals surface area contributed by atoms with Crippen molar-refractivity contribution in [2.45, 2.75) is 25.3 Å². The van der Waals surface area contributed by atoms with E-state index in [2.05, 4.69) is 15.0 Å². The van der Waals surface area contributed by atoms with Gasteiger partial charge in [-0.05, 0) is 19.8 Å². The molecule has 2 aliphatic rings. The third-order valence-electron chi connectivity index (χ3n) is 6.13. The lowest BCUT2D eigenvalue weighted by Gasteiger charge is -2.27. The molecule has 2 aliphatic heterocycles. The van der Waals surface area contributed by atoms with Crippen LogP contribution in [0.4, 0.5) is 0 Å². The molecule has 2 aromatic rings. The van der Waals surface area contributed by atoms with Crippen LogP contribution in [0.2, 0.25) is 0 Å². The Labute approximate surface area is 163 Å². The van der Waals surface area contributed by atoms with Gasteiger partial charge in [-0.3, -0.25) is 9.58 Å². The molecule has 8 nitrogen and oxygen atoms in total. The minimum atomic E-state index is -3.60. The van der Waals surface area contributed by atoms with Gasteiger partial charge in [0.05, 0.1) is 29.7 Å². The van der Waals surface area contributed by atoms with E-state index in [0.717, 1.165) is 18.8 Å². The fourth-order valence-corrected chi connectivity index (χ4v) is 6.91. The maximum atomic E-state index is 13.1. The zero-order valence-electron chi connectivity index (χ0n) is 15.8. The summed E-state index contributed by atoms with van der Waals surface area (Å²) in [4.78, 5) is 8.12. The summed E-state index contributed by atoms with van der Waals surface area (Å²) in [6.07, 6.45) is 1.42. The monoisotopic (exact) mass is 411 g/mol. The van der Waals surface area contributed by atoms with E-state index in [1.54, 1.807) is 30.0 Å². The highest BCUT2D eigenvalue weighted by molar-refractivity contribution is 7.89. The fourth-order valence-electron chi connectivity index (χ4n) is 4.32. The molecule has 0 spiro atoms. The van der Waals surface area contributed by atoms with Gasteiger partial charge in [-0.1, -0.05) is 0 Å². The van der Waals surface area contributed by atoms with Crippen molar-refractivity contribution in [1.29, 1.82) is 0 Å². The lowest BCUT2D eigenvalue weighted by atomic mass is 9.82. The average Bonchev–Trinajstić information content (AvgIpc) is 3.34. The molecule has 0 bridgehead atoms. The van der Waals surface area contributed by atoms with E-state index in [-0.39, 0.29) is 17.4 Å². The second-order valence-electron chi connectivity index (χ2n) is 7.76. The number of likely N-dealkylation sites (tertiary alicyclic amines) is 1. The summed E-state index contributed by atoms with van der Waals surface area (Å²) >= 11 is 1.65. The van der Waals surface area contributed by atoms with Crippen molar-refractivity contribution in [3.63, 3.8) is 0 Å². The highest BCUT2D eigenvalue weighted by Gasteiger charge is 2.54. The van der Waals surface area contributed by atoms with Gasteiger partial charge in [-0.15, -0.1) is 11.3 Å². The van der Waals surface area contributed by atoms with Crippen molar-refractivity contribution < 1.29 is 13.5 Å². The van der Waals surface area contributed by atoms with Gasteiger partial charge in [0.25, 0.3) is 0 Å². The molecule has 2 fully saturated rings. The lowest BCUT2D eigenvalue weighted by molar-refractivity contribution is 0.119. The van der Waals surface area contributed by atoms with Gasteiger partial charge in [0, 0.05) is 50.1 Å². The molecule has 1 N–H and O–H groups in total. The first-order valence-electron chi connectivity index (χ1n) is 8.98. The van der Waals surface area contributed by atoms with Crippen LogP contribution in [0.15, 0.2) is 16.6 Å². The number of rotatable bonds is 5. The van der Waals surface area contributed by atoms with E-state index < -0.39 is 15.4 Å². The van der Waals surface area contributed by atoms with E-state index in [1.807, 2.05) is 12.4 Å². The molecule has 0 aliphatic carbocycles. The van der Waals surface area contributed by atoms with Crippen LogP contribution in [0.3, 0.4) is 0 Å². The van der Waals surface area contributed by atoms with E-state index >= 15 is 0 Å². The van der Waals surface area contributed by atoms with E-state index in [1.165, 1.54) is 15.4 Å². The highest BCUT2D eigenvalue weighted by Crippen LogP contribution is 2.44.